The first-order valence-electron chi connectivity index (χ1n) is 11.0. The van der Waals surface area contributed by atoms with Crippen molar-refractivity contribution in [2.24, 2.45) is 5.92 Å². The molecule has 2 aliphatic rings. The van der Waals surface area contributed by atoms with E-state index in [0.717, 1.165) is 24.2 Å². The van der Waals surface area contributed by atoms with Crippen LogP contribution in [0.3, 0.4) is 0 Å². The van der Waals surface area contributed by atoms with E-state index < -0.39 is 0 Å². The number of nitrogens with zero attached hydrogens (tertiary/aromatic N) is 2. The van der Waals surface area contributed by atoms with Crippen molar-refractivity contribution in [1.29, 1.82) is 0 Å². The number of ether oxygens (including phenoxy) is 3. The molecule has 0 aromatic heterocycles. The fraction of sp³-hybridized carbons (Fsp3) is 0.440. The fourth-order valence-electron chi connectivity index (χ4n) is 4.82. The molecule has 32 heavy (non-hydrogen) atoms. The van der Waals surface area contributed by atoms with E-state index in [4.69, 9.17) is 14.2 Å². The molecule has 0 unspecified atom stereocenters. The smallest absolute Gasteiger partial charge is 0.257 e. The second kappa shape index (κ2) is 9.51. The Labute approximate surface area is 188 Å². The van der Waals surface area contributed by atoms with Gasteiger partial charge in [-0.25, -0.2) is 0 Å². The number of rotatable bonds is 6. The molecule has 2 aromatic carbocycles. The molecule has 4 rings (SSSR count). The number of likely N-dealkylation sites (tertiary alicyclic amines) is 2. The summed E-state index contributed by atoms with van der Waals surface area (Å²) in [4.78, 5) is 30.0. The van der Waals surface area contributed by atoms with Crippen LogP contribution in [-0.4, -0.2) is 62.1 Å². The normalized spacial score (nSPS) is 20.5. The molecule has 2 atom stereocenters. The molecular weight excluding hydrogens is 408 g/mol. The molecule has 2 saturated heterocycles. The Bertz CT molecular complexity index is 975. The number of hydrogen-bond donors (Lipinski definition) is 0. The van der Waals surface area contributed by atoms with E-state index in [1.165, 1.54) is 0 Å². The standard InChI is InChI=1S/C25H30N2O5/c1-30-19-7-4-17(5-8-19)15-27-22-12-13-26(16-18(22)6-11-24(27)28)25(29)21-14-20(31-2)9-10-23(21)32-3/h4-5,7-10,14,18,22H,6,11-13,15-16H2,1-3H3/t18-,22+/m0/s1. The zero-order valence-electron chi connectivity index (χ0n) is 18.9. The van der Waals surface area contributed by atoms with E-state index in [0.29, 0.717) is 43.1 Å². The Balaban J connectivity index is 1.48. The fourth-order valence-corrected chi connectivity index (χ4v) is 4.82. The van der Waals surface area contributed by atoms with Crippen LogP contribution in [0.15, 0.2) is 42.5 Å². The third-order valence-electron chi connectivity index (χ3n) is 6.58. The highest BCUT2D eigenvalue weighted by molar-refractivity contribution is 5.97. The van der Waals surface area contributed by atoms with Crippen molar-refractivity contribution in [3.05, 3.63) is 53.6 Å². The highest BCUT2D eigenvalue weighted by Crippen LogP contribution is 2.34. The van der Waals surface area contributed by atoms with Crippen LogP contribution in [-0.2, 0) is 11.3 Å². The van der Waals surface area contributed by atoms with Crippen LogP contribution in [0.25, 0.3) is 0 Å². The molecule has 2 amide bonds. The molecule has 0 spiro atoms. The predicted molar refractivity (Wildman–Crippen MR) is 120 cm³/mol. The Morgan fingerprint density at radius 2 is 1.69 bits per heavy atom. The topological polar surface area (TPSA) is 68.3 Å². The molecule has 0 saturated carbocycles. The summed E-state index contributed by atoms with van der Waals surface area (Å²) in [6, 6.07) is 13.3. The molecule has 7 heteroatoms. The minimum Gasteiger partial charge on any atom is -0.497 e. The number of amides is 2. The first-order valence-corrected chi connectivity index (χ1v) is 11.0. The molecule has 0 bridgehead atoms. The monoisotopic (exact) mass is 438 g/mol. The Kier molecular flexibility index (Phi) is 6.53. The molecule has 0 aliphatic carbocycles. The van der Waals surface area contributed by atoms with E-state index in [9.17, 15) is 9.59 Å². The van der Waals surface area contributed by atoms with Crippen LogP contribution in [0.4, 0.5) is 0 Å². The molecule has 7 nitrogen and oxygen atoms in total. The number of benzene rings is 2. The summed E-state index contributed by atoms with van der Waals surface area (Å²) in [5.41, 5.74) is 1.59. The zero-order valence-corrected chi connectivity index (χ0v) is 18.9. The summed E-state index contributed by atoms with van der Waals surface area (Å²) >= 11 is 0. The minimum atomic E-state index is -0.0576. The zero-order chi connectivity index (χ0) is 22.7. The average Bonchev–Trinajstić information content (AvgIpc) is 2.85. The highest BCUT2D eigenvalue weighted by Gasteiger charge is 2.40. The van der Waals surface area contributed by atoms with E-state index in [1.807, 2.05) is 34.1 Å². The molecule has 0 N–H and O–H groups in total. The number of carbonyl (C=O) groups is 2. The van der Waals surface area contributed by atoms with Crippen LogP contribution in [0.5, 0.6) is 17.2 Å². The number of hydrogen-bond acceptors (Lipinski definition) is 5. The van der Waals surface area contributed by atoms with Crippen molar-refractivity contribution >= 4 is 11.8 Å². The highest BCUT2D eigenvalue weighted by atomic mass is 16.5. The second-order valence-corrected chi connectivity index (χ2v) is 8.34. The van der Waals surface area contributed by atoms with E-state index >= 15 is 0 Å². The van der Waals surface area contributed by atoms with Gasteiger partial charge >= 0.3 is 0 Å². The third kappa shape index (κ3) is 4.38. The number of methoxy groups -OCH3 is 3. The SMILES string of the molecule is COc1ccc(CN2C(=O)CC[C@H]3CN(C(=O)c4cc(OC)ccc4OC)CC[C@H]32)cc1. The van der Waals surface area contributed by atoms with Gasteiger partial charge in [-0.15, -0.1) is 0 Å². The van der Waals surface area contributed by atoms with Gasteiger partial charge in [-0.05, 0) is 54.7 Å². The summed E-state index contributed by atoms with van der Waals surface area (Å²) in [5.74, 6) is 2.36. The number of fused-ring (bicyclic) bond motifs is 1. The van der Waals surface area contributed by atoms with Crippen LogP contribution in [0, 0.1) is 5.92 Å². The van der Waals surface area contributed by atoms with Crippen LogP contribution < -0.4 is 14.2 Å². The number of piperidine rings is 2. The van der Waals surface area contributed by atoms with E-state index in [2.05, 4.69) is 0 Å². The Morgan fingerprint density at radius 1 is 0.969 bits per heavy atom. The third-order valence-corrected chi connectivity index (χ3v) is 6.58. The van der Waals surface area contributed by atoms with E-state index in [1.54, 1.807) is 39.5 Å². The second-order valence-electron chi connectivity index (χ2n) is 8.34. The van der Waals surface area contributed by atoms with Gasteiger partial charge in [0.1, 0.15) is 17.2 Å². The van der Waals surface area contributed by atoms with Crippen LogP contribution >= 0.6 is 0 Å². The molecule has 2 fully saturated rings. The summed E-state index contributed by atoms with van der Waals surface area (Å²) in [6.07, 6.45) is 2.09. The predicted octanol–water partition coefficient (Wildman–Crippen LogP) is 3.37. The molecule has 2 aromatic rings. The van der Waals surface area contributed by atoms with Gasteiger partial charge in [0, 0.05) is 32.1 Å². The van der Waals surface area contributed by atoms with Crippen molar-refractivity contribution in [2.75, 3.05) is 34.4 Å². The summed E-state index contributed by atoms with van der Waals surface area (Å²) in [5, 5.41) is 0. The van der Waals surface area contributed by atoms with Gasteiger partial charge < -0.3 is 24.0 Å². The van der Waals surface area contributed by atoms with Gasteiger partial charge in [0.25, 0.3) is 5.91 Å². The quantitative estimate of drug-likeness (QED) is 0.692. The van der Waals surface area contributed by atoms with Crippen molar-refractivity contribution in [1.82, 2.24) is 9.80 Å². The van der Waals surface area contributed by atoms with Gasteiger partial charge in [0.05, 0.1) is 26.9 Å². The van der Waals surface area contributed by atoms with Gasteiger partial charge in [0.2, 0.25) is 5.91 Å². The van der Waals surface area contributed by atoms with Gasteiger partial charge in [-0.3, -0.25) is 9.59 Å². The molecule has 2 aliphatic heterocycles. The average molecular weight is 439 g/mol. The first kappa shape index (κ1) is 22.0. The maximum absolute atomic E-state index is 13.3. The van der Waals surface area contributed by atoms with Gasteiger partial charge in [-0.1, -0.05) is 12.1 Å². The molecular formula is C25H30N2O5. The van der Waals surface area contributed by atoms with Gasteiger partial charge in [0.15, 0.2) is 0 Å². The van der Waals surface area contributed by atoms with Crippen molar-refractivity contribution < 1.29 is 23.8 Å². The molecule has 2 heterocycles. The number of carbonyl (C=O) groups excluding carboxylic acids is 2. The lowest BCUT2D eigenvalue weighted by Gasteiger charge is -2.47. The molecule has 170 valence electrons. The van der Waals surface area contributed by atoms with E-state index in [-0.39, 0.29) is 23.8 Å². The largest absolute Gasteiger partial charge is 0.497 e. The lowest BCUT2D eigenvalue weighted by Crippen LogP contribution is -2.56. The lowest BCUT2D eigenvalue weighted by molar-refractivity contribution is -0.141. The Morgan fingerprint density at radius 3 is 2.38 bits per heavy atom. The maximum Gasteiger partial charge on any atom is 0.257 e. The van der Waals surface area contributed by atoms with Crippen molar-refractivity contribution in [3.63, 3.8) is 0 Å². The lowest BCUT2D eigenvalue weighted by atomic mass is 9.83. The first-order chi connectivity index (χ1) is 15.5. The molecule has 0 radical (unpaired) electrons. The van der Waals surface area contributed by atoms with Gasteiger partial charge in [-0.2, -0.15) is 0 Å². The summed E-state index contributed by atoms with van der Waals surface area (Å²) < 4.78 is 15.9. The van der Waals surface area contributed by atoms with Crippen molar-refractivity contribution in [2.45, 2.75) is 31.8 Å². The summed E-state index contributed by atoms with van der Waals surface area (Å²) in [6.45, 7) is 1.82. The summed E-state index contributed by atoms with van der Waals surface area (Å²) in [7, 11) is 4.79. The Hall–Kier alpha value is -3.22. The minimum absolute atomic E-state index is 0.0576. The van der Waals surface area contributed by atoms with Crippen LogP contribution in [0.1, 0.15) is 35.2 Å². The van der Waals surface area contributed by atoms with Crippen LogP contribution in [0.2, 0.25) is 0 Å². The van der Waals surface area contributed by atoms with Crippen molar-refractivity contribution in [3.8, 4) is 17.2 Å². The maximum atomic E-state index is 13.3.